The molecule has 4 heteroatoms. The Kier molecular flexibility index (Phi) is 2.57. The number of ether oxygens (including phenoxy) is 1. The van der Waals surface area contributed by atoms with Crippen molar-refractivity contribution in [2.24, 2.45) is 0 Å². The summed E-state index contributed by atoms with van der Waals surface area (Å²) in [6, 6.07) is 13.1. The predicted molar refractivity (Wildman–Crippen MR) is 68.2 cm³/mol. The molecule has 0 fully saturated rings. The van der Waals surface area contributed by atoms with Crippen molar-refractivity contribution in [3.8, 4) is 11.6 Å². The Balaban J connectivity index is 1.94. The lowest BCUT2D eigenvalue weighted by atomic mass is 10.2. The van der Waals surface area contributed by atoms with Gasteiger partial charge in [-0.3, -0.25) is 0 Å². The molecule has 0 aliphatic rings. The predicted octanol–water partition coefficient (Wildman–Crippen LogP) is 4.38. The van der Waals surface area contributed by atoms with Gasteiger partial charge in [0.2, 0.25) is 5.88 Å². The lowest BCUT2D eigenvalue weighted by Crippen LogP contribution is -1.87. The van der Waals surface area contributed by atoms with Crippen molar-refractivity contribution in [3.05, 3.63) is 53.3 Å². The van der Waals surface area contributed by atoms with Crippen molar-refractivity contribution in [2.45, 2.75) is 0 Å². The molecule has 0 radical (unpaired) electrons. The van der Waals surface area contributed by atoms with Gasteiger partial charge in [-0.1, -0.05) is 6.07 Å². The minimum absolute atomic E-state index is 0.547. The van der Waals surface area contributed by atoms with Gasteiger partial charge in [0.1, 0.15) is 15.9 Å². The molecule has 0 amide bonds. The molecule has 0 atom stereocenters. The van der Waals surface area contributed by atoms with Gasteiger partial charge in [0, 0.05) is 17.5 Å². The van der Waals surface area contributed by atoms with Gasteiger partial charge in [-0.2, -0.15) is 0 Å². The molecule has 0 unspecified atom stereocenters. The third kappa shape index (κ3) is 2.17. The maximum atomic E-state index is 5.64. The maximum Gasteiger partial charge on any atom is 0.220 e. The summed E-state index contributed by atoms with van der Waals surface area (Å²) in [6.45, 7) is 0. The van der Waals surface area contributed by atoms with E-state index in [0.717, 1.165) is 15.6 Å². The van der Waals surface area contributed by atoms with E-state index in [0.29, 0.717) is 11.6 Å². The zero-order valence-electron chi connectivity index (χ0n) is 8.76. The number of hydrogen-bond donors (Lipinski definition) is 0. The molecular weight excluding hydrogens is 282 g/mol. The second-order valence-electron chi connectivity index (χ2n) is 3.52. The fraction of sp³-hybridized carbons (Fsp3) is 0. The lowest BCUT2D eigenvalue weighted by molar-refractivity contribution is 0.461. The van der Waals surface area contributed by atoms with Crippen LogP contribution in [-0.4, -0.2) is 4.98 Å². The van der Waals surface area contributed by atoms with E-state index >= 15 is 0 Å². The fourth-order valence-corrected chi connectivity index (χ4v) is 1.89. The third-order valence-corrected chi connectivity index (χ3v) is 2.78. The molecule has 0 bridgehead atoms. The summed E-state index contributed by atoms with van der Waals surface area (Å²) in [5.74, 6) is 1.25. The summed E-state index contributed by atoms with van der Waals surface area (Å²) < 4.78 is 11.7. The Bertz CT molecular complexity index is 663. The average molecular weight is 290 g/mol. The molecule has 2 aromatic heterocycles. The summed E-state index contributed by atoms with van der Waals surface area (Å²) >= 11 is 3.30. The second kappa shape index (κ2) is 4.22. The van der Waals surface area contributed by atoms with Crippen LogP contribution in [0.15, 0.2) is 57.7 Å². The van der Waals surface area contributed by atoms with E-state index < -0.39 is 0 Å². The number of halogens is 1. The zero-order valence-corrected chi connectivity index (χ0v) is 10.3. The molecule has 0 aliphatic carbocycles. The van der Waals surface area contributed by atoms with Crippen molar-refractivity contribution in [3.63, 3.8) is 0 Å². The Morgan fingerprint density at radius 3 is 2.94 bits per heavy atom. The molecule has 1 aromatic carbocycles. The summed E-state index contributed by atoms with van der Waals surface area (Å²) in [4.78, 5) is 4.20. The third-order valence-electron chi connectivity index (χ3n) is 2.34. The van der Waals surface area contributed by atoms with Gasteiger partial charge in [-0.25, -0.2) is 4.98 Å². The Hall–Kier alpha value is -1.81. The fourth-order valence-electron chi connectivity index (χ4n) is 1.57. The highest BCUT2D eigenvalue weighted by Gasteiger charge is 2.02. The van der Waals surface area contributed by atoms with E-state index in [9.17, 15) is 0 Å². The van der Waals surface area contributed by atoms with Crippen LogP contribution < -0.4 is 4.74 Å². The molecule has 3 nitrogen and oxygen atoms in total. The first-order chi connectivity index (χ1) is 8.31. The molecule has 2 heterocycles. The Morgan fingerprint density at radius 2 is 2.06 bits per heavy atom. The topological polar surface area (TPSA) is 35.3 Å². The van der Waals surface area contributed by atoms with Crippen molar-refractivity contribution >= 4 is 26.9 Å². The molecule has 0 spiro atoms. The summed E-state index contributed by atoms with van der Waals surface area (Å²) in [5, 5.41) is 1.06. The van der Waals surface area contributed by atoms with Crippen LogP contribution in [0.5, 0.6) is 11.6 Å². The smallest absolute Gasteiger partial charge is 0.220 e. The van der Waals surface area contributed by atoms with Crippen LogP contribution in [0.1, 0.15) is 0 Å². The number of benzene rings is 1. The SMILES string of the molecule is Brc1cccc(Oc2ccc3ccoc3c2)n1. The van der Waals surface area contributed by atoms with E-state index in [-0.39, 0.29) is 0 Å². The van der Waals surface area contributed by atoms with Crippen molar-refractivity contribution in [1.29, 1.82) is 0 Å². The van der Waals surface area contributed by atoms with Gasteiger partial charge in [-0.15, -0.1) is 0 Å². The number of pyridine rings is 1. The standard InChI is InChI=1S/C13H8BrNO2/c14-12-2-1-3-13(15-12)17-10-5-4-9-6-7-16-11(9)8-10/h1-8H. The molecule has 0 saturated heterocycles. The van der Waals surface area contributed by atoms with E-state index in [1.54, 1.807) is 12.3 Å². The number of hydrogen-bond acceptors (Lipinski definition) is 3. The summed E-state index contributed by atoms with van der Waals surface area (Å²) in [5.41, 5.74) is 0.803. The van der Waals surface area contributed by atoms with Crippen molar-refractivity contribution < 1.29 is 9.15 Å². The van der Waals surface area contributed by atoms with Gasteiger partial charge in [0.25, 0.3) is 0 Å². The van der Waals surface area contributed by atoms with Crippen LogP contribution in [0, 0.1) is 0 Å². The highest BCUT2D eigenvalue weighted by Crippen LogP contribution is 2.25. The van der Waals surface area contributed by atoms with E-state index in [2.05, 4.69) is 20.9 Å². The first kappa shape index (κ1) is 10.4. The van der Waals surface area contributed by atoms with Gasteiger partial charge in [0.05, 0.1) is 6.26 Å². The minimum atomic E-state index is 0.547. The van der Waals surface area contributed by atoms with Crippen LogP contribution in [0.25, 0.3) is 11.0 Å². The monoisotopic (exact) mass is 289 g/mol. The Morgan fingerprint density at radius 1 is 1.12 bits per heavy atom. The minimum Gasteiger partial charge on any atom is -0.464 e. The molecule has 84 valence electrons. The lowest BCUT2D eigenvalue weighted by Gasteiger charge is -2.04. The molecule has 3 aromatic rings. The van der Waals surface area contributed by atoms with E-state index in [1.165, 1.54) is 0 Å². The summed E-state index contributed by atoms with van der Waals surface area (Å²) in [7, 11) is 0. The number of furan rings is 1. The van der Waals surface area contributed by atoms with Gasteiger partial charge in [0.15, 0.2) is 0 Å². The zero-order chi connectivity index (χ0) is 11.7. The van der Waals surface area contributed by atoms with Crippen LogP contribution in [-0.2, 0) is 0 Å². The van der Waals surface area contributed by atoms with E-state index in [4.69, 9.17) is 9.15 Å². The first-order valence-corrected chi connectivity index (χ1v) is 5.88. The average Bonchev–Trinajstić information content (AvgIpc) is 2.76. The highest BCUT2D eigenvalue weighted by atomic mass is 79.9. The molecule has 3 rings (SSSR count). The van der Waals surface area contributed by atoms with Crippen molar-refractivity contribution in [2.75, 3.05) is 0 Å². The number of aromatic nitrogens is 1. The number of fused-ring (bicyclic) bond motifs is 1. The van der Waals surface area contributed by atoms with Gasteiger partial charge < -0.3 is 9.15 Å². The highest BCUT2D eigenvalue weighted by molar-refractivity contribution is 9.10. The molecular formula is C13H8BrNO2. The second-order valence-corrected chi connectivity index (χ2v) is 4.33. The van der Waals surface area contributed by atoms with Crippen LogP contribution in [0.4, 0.5) is 0 Å². The quantitative estimate of drug-likeness (QED) is 0.657. The van der Waals surface area contributed by atoms with Crippen LogP contribution in [0.3, 0.4) is 0 Å². The van der Waals surface area contributed by atoms with Gasteiger partial charge >= 0.3 is 0 Å². The number of rotatable bonds is 2. The molecule has 0 aliphatic heterocycles. The normalized spacial score (nSPS) is 10.6. The number of nitrogens with zero attached hydrogens (tertiary/aromatic N) is 1. The first-order valence-electron chi connectivity index (χ1n) is 5.09. The summed E-state index contributed by atoms with van der Waals surface area (Å²) in [6.07, 6.45) is 1.66. The van der Waals surface area contributed by atoms with Crippen LogP contribution in [0.2, 0.25) is 0 Å². The maximum absolute atomic E-state index is 5.64. The van der Waals surface area contributed by atoms with Gasteiger partial charge in [-0.05, 0) is 40.2 Å². The molecule has 17 heavy (non-hydrogen) atoms. The van der Waals surface area contributed by atoms with Crippen LogP contribution >= 0.6 is 15.9 Å². The van der Waals surface area contributed by atoms with Crippen molar-refractivity contribution in [1.82, 2.24) is 4.98 Å². The Labute approximate surface area is 106 Å². The van der Waals surface area contributed by atoms with E-state index in [1.807, 2.05) is 36.4 Å². The molecule has 0 N–H and O–H groups in total. The largest absolute Gasteiger partial charge is 0.464 e. The molecule has 0 saturated carbocycles.